The first-order chi connectivity index (χ1) is 9.01. The Morgan fingerprint density at radius 2 is 2.00 bits per heavy atom. The van der Waals surface area contributed by atoms with Gasteiger partial charge < -0.3 is 9.84 Å². The van der Waals surface area contributed by atoms with Gasteiger partial charge in [0, 0.05) is 11.3 Å². The number of aliphatic hydroxyl groups excluding tert-OH is 1. The van der Waals surface area contributed by atoms with E-state index >= 15 is 0 Å². The van der Waals surface area contributed by atoms with Gasteiger partial charge in [0.25, 0.3) is 0 Å². The lowest BCUT2D eigenvalue weighted by atomic mass is 9.80. The lowest BCUT2D eigenvalue weighted by Crippen LogP contribution is -2.29. The van der Waals surface area contributed by atoms with Crippen molar-refractivity contribution >= 4 is 0 Å². The van der Waals surface area contributed by atoms with Crippen LogP contribution in [-0.4, -0.2) is 16.2 Å². The molecule has 3 heteroatoms. The second-order valence-electron chi connectivity index (χ2n) is 6.03. The van der Waals surface area contributed by atoms with Crippen LogP contribution in [0.4, 0.5) is 0 Å². The van der Waals surface area contributed by atoms with Gasteiger partial charge in [-0.1, -0.05) is 13.8 Å². The van der Waals surface area contributed by atoms with Gasteiger partial charge in [0.2, 0.25) is 5.88 Å². The van der Waals surface area contributed by atoms with Crippen LogP contribution < -0.4 is 4.74 Å². The minimum Gasteiger partial charge on any atom is -0.474 e. The van der Waals surface area contributed by atoms with E-state index in [9.17, 15) is 5.11 Å². The van der Waals surface area contributed by atoms with E-state index in [1.165, 1.54) is 6.42 Å². The van der Waals surface area contributed by atoms with Crippen LogP contribution in [-0.2, 0) is 6.61 Å². The van der Waals surface area contributed by atoms with E-state index in [-0.39, 0.29) is 12.7 Å². The van der Waals surface area contributed by atoms with Crippen LogP contribution in [0.15, 0.2) is 6.07 Å². The van der Waals surface area contributed by atoms with E-state index in [0.29, 0.717) is 11.8 Å². The smallest absolute Gasteiger partial charge is 0.219 e. The zero-order valence-corrected chi connectivity index (χ0v) is 12.4. The van der Waals surface area contributed by atoms with Crippen LogP contribution >= 0.6 is 0 Å². The Bertz CT molecular complexity index is 445. The molecule has 0 radical (unpaired) electrons. The van der Waals surface area contributed by atoms with Gasteiger partial charge in [0.15, 0.2) is 0 Å². The molecule has 0 bridgehead atoms. The molecule has 1 fully saturated rings. The summed E-state index contributed by atoms with van der Waals surface area (Å²) in [5.41, 5.74) is 2.83. The van der Waals surface area contributed by atoms with E-state index in [4.69, 9.17) is 4.74 Å². The van der Waals surface area contributed by atoms with Crippen molar-refractivity contribution in [3.05, 3.63) is 22.9 Å². The van der Waals surface area contributed by atoms with E-state index in [1.807, 2.05) is 19.9 Å². The standard InChI is InChI=1S/C16H25NO2/c1-10-5-6-14(8-11(10)2)19-16-15(9-18)12(3)7-13(4)17-16/h7,10-11,14,18H,5-6,8-9H2,1-4H3. The average Bonchev–Trinajstić information content (AvgIpc) is 2.33. The maximum atomic E-state index is 9.49. The maximum Gasteiger partial charge on any atom is 0.219 e. The molecular formula is C16H25NO2. The molecule has 0 saturated heterocycles. The third-order valence-corrected chi connectivity index (χ3v) is 4.42. The van der Waals surface area contributed by atoms with Crippen LogP contribution in [0.25, 0.3) is 0 Å². The Morgan fingerprint density at radius 3 is 2.63 bits per heavy atom. The molecule has 0 spiro atoms. The molecule has 1 aromatic rings. The Labute approximate surface area is 116 Å². The summed E-state index contributed by atoms with van der Waals surface area (Å²) < 4.78 is 6.09. The Hall–Kier alpha value is -1.09. The quantitative estimate of drug-likeness (QED) is 0.909. The van der Waals surface area contributed by atoms with Crippen molar-refractivity contribution in [3.63, 3.8) is 0 Å². The number of aromatic nitrogens is 1. The third kappa shape index (κ3) is 3.27. The number of aliphatic hydroxyl groups is 1. The van der Waals surface area contributed by atoms with Gasteiger partial charge in [-0.15, -0.1) is 0 Å². The van der Waals surface area contributed by atoms with E-state index < -0.39 is 0 Å². The normalized spacial score (nSPS) is 27.3. The van der Waals surface area contributed by atoms with Crippen LogP contribution in [0, 0.1) is 25.7 Å². The van der Waals surface area contributed by atoms with Crippen molar-refractivity contribution in [1.82, 2.24) is 4.98 Å². The summed E-state index contributed by atoms with van der Waals surface area (Å²) in [6.07, 6.45) is 3.63. The second kappa shape index (κ2) is 5.91. The number of rotatable bonds is 3. The van der Waals surface area contributed by atoms with Gasteiger partial charge in [-0.05, 0) is 56.6 Å². The Morgan fingerprint density at radius 1 is 1.26 bits per heavy atom. The number of pyridine rings is 1. The largest absolute Gasteiger partial charge is 0.474 e. The SMILES string of the molecule is Cc1cc(C)c(CO)c(OC2CCC(C)C(C)C2)n1. The first kappa shape index (κ1) is 14.3. The van der Waals surface area contributed by atoms with E-state index in [1.54, 1.807) is 0 Å². The number of hydrogen-bond donors (Lipinski definition) is 1. The number of ether oxygens (including phenoxy) is 1. The fraction of sp³-hybridized carbons (Fsp3) is 0.688. The molecule has 1 heterocycles. The van der Waals surface area contributed by atoms with Gasteiger partial charge in [-0.25, -0.2) is 4.98 Å². The van der Waals surface area contributed by atoms with Crippen LogP contribution in [0.5, 0.6) is 5.88 Å². The minimum atomic E-state index is -0.00682. The highest BCUT2D eigenvalue weighted by Gasteiger charge is 2.26. The van der Waals surface area contributed by atoms with Crippen molar-refractivity contribution in [2.45, 2.75) is 59.7 Å². The van der Waals surface area contributed by atoms with Crippen molar-refractivity contribution in [1.29, 1.82) is 0 Å². The molecule has 0 amide bonds. The predicted octanol–water partition coefficient (Wildman–Crippen LogP) is 3.39. The molecule has 1 saturated carbocycles. The summed E-state index contributed by atoms with van der Waals surface area (Å²) in [7, 11) is 0. The molecule has 3 atom stereocenters. The summed E-state index contributed by atoms with van der Waals surface area (Å²) in [5, 5.41) is 9.49. The van der Waals surface area contributed by atoms with Crippen molar-refractivity contribution in [2.75, 3.05) is 0 Å². The monoisotopic (exact) mass is 263 g/mol. The number of aryl methyl sites for hydroxylation is 2. The molecule has 0 aromatic carbocycles. The third-order valence-electron chi connectivity index (χ3n) is 4.42. The summed E-state index contributed by atoms with van der Waals surface area (Å²) >= 11 is 0. The lowest BCUT2D eigenvalue weighted by Gasteiger charge is -2.32. The maximum absolute atomic E-state index is 9.49. The van der Waals surface area contributed by atoms with Gasteiger partial charge in [-0.2, -0.15) is 0 Å². The second-order valence-corrected chi connectivity index (χ2v) is 6.03. The molecule has 106 valence electrons. The molecule has 1 aliphatic carbocycles. The van der Waals surface area contributed by atoms with Crippen molar-refractivity contribution < 1.29 is 9.84 Å². The molecule has 0 aliphatic heterocycles. The highest BCUT2D eigenvalue weighted by atomic mass is 16.5. The number of nitrogens with zero attached hydrogens (tertiary/aromatic N) is 1. The zero-order chi connectivity index (χ0) is 14.0. The van der Waals surface area contributed by atoms with Crippen molar-refractivity contribution in [2.24, 2.45) is 11.8 Å². The molecule has 19 heavy (non-hydrogen) atoms. The van der Waals surface area contributed by atoms with Gasteiger partial charge in [0.05, 0.1) is 6.61 Å². The van der Waals surface area contributed by atoms with Gasteiger partial charge in [-0.3, -0.25) is 0 Å². The summed E-state index contributed by atoms with van der Waals surface area (Å²) in [6, 6.07) is 1.99. The van der Waals surface area contributed by atoms with Crippen LogP contribution in [0.2, 0.25) is 0 Å². The molecular weight excluding hydrogens is 238 g/mol. The van der Waals surface area contributed by atoms with Crippen molar-refractivity contribution in [3.8, 4) is 5.88 Å². The molecule has 1 N–H and O–H groups in total. The Kier molecular flexibility index (Phi) is 4.46. The molecule has 2 rings (SSSR count). The first-order valence-corrected chi connectivity index (χ1v) is 7.26. The topological polar surface area (TPSA) is 42.4 Å². The number of hydrogen-bond acceptors (Lipinski definition) is 3. The zero-order valence-electron chi connectivity index (χ0n) is 12.4. The highest BCUT2D eigenvalue weighted by Crippen LogP contribution is 2.32. The summed E-state index contributed by atoms with van der Waals surface area (Å²) in [5.74, 6) is 2.11. The average molecular weight is 263 g/mol. The fourth-order valence-corrected chi connectivity index (χ4v) is 2.88. The predicted molar refractivity (Wildman–Crippen MR) is 76.2 cm³/mol. The molecule has 1 aromatic heterocycles. The highest BCUT2D eigenvalue weighted by molar-refractivity contribution is 5.35. The van der Waals surface area contributed by atoms with Gasteiger partial charge in [0.1, 0.15) is 6.10 Å². The Balaban J connectivity index is 2.15. The summed E-state index contributed by atoms with van der Waals surface area (Å²) in [6.45, 7) is 8.57. The summed E-state index contributed by atoms with van der Waals surface area (Å²) in [4.78, 5) is 4.46. The molecule has 3 unspecified atom stereocenters. The molecule has 1 aliphatic rings. The van der Waals surface area contributed by atoms with E-state index in [2.05, 4.69) is 18.8 Å². The first-order valence-electron chi connectivity index (χ1n) is 7.26. The van der Waals surface area contributed by atoms with Gasteiger partial charge >= 0.3 is 0 Å². The fourth-order valence-electron chi connectivity index (χ4n) is 2.88. The van der Waals surface area contributed by atoms with E-state index in [0.717, 1.165) is 35.6 Å². The molecule has 3 nitrogen and oxygen atoms in total. The van der Waals surface area contributed by atoms with Crippen LogP contribution in [0.1, 0.15) is 49.9 Å². The minimum absolute atomic E-state index is 0.00682. The van der Waals surface area contributed by atoms with Crippen LogP contribution in [0.3, 0.4) is 0 Å². The lowest BCUT2D eigenvalue weighted by molar-refractivity contribution is 0.0935.